The average Bonchev–Trinajstić information content (AvgIpc) is 3.74. The third kappa shape index (κ3) is 4.66. The molecule has 230 valence electrons. The molecule has 0 unspecified atom stereocenters. The van der Waals surface area contributed by atoms with E-state index in [0.717, 1.165) is 11.4 Å². The summed E-state index contributed by atoms with van der Waals surface area (Å²) in [6, 6.07) is 64.3. The number of benzene rings is 8. The molecule has 0 saturated heterocycles. The van der Waals surface area contributed by atoms with Crippen molar-refractivity contribution in [1.29, 1.82) is 0 Å². The van der Waals surface area contributed by atoms with E-state index >= 15 is 0 Å². The van der Waals surface area contributed by atoms with Gasteiger partial charge in [0.1, 0.15) is 0 Å². The van der Waals surface area contributed by atoms with E-state index in [0.29, 0.717) is 0 Å². The van der Waals surface area contributed by atoms with E-state index < -0.39 is 0 Å². The fraction of sp³-hybridized carbons (Fsp3) is 0. The first-order valence-corrected chi connectivity index (χ1v) is 18.2. The molecular weight excluding hydrogens is 631 g/mol. The molecule has 0 amide bonds. The maximum Gasteiger partial charge on any atom is 0.0554 e. The summed E-state index contributed by atoms with van der Waals surface area (Å²) in [7, 11) is 0. The molecule has 2 aromatic heterocycles. The third-order valence-electron chi connectivity index (χ3n) is 9.66. The second-order valence-electron chi connectivity index (χ2n) is 12.5. The summed E-state index contributed by atoms with van der Waals surface area (Å²) >= 11 is 3.74. The molecule has 0 N–H and O–H groups in total. The first-order chi connectivity index (χ1) is 24.3. The van der Waals surface area contributed by atoms with Crippen molar-refractivity contribution in [2.45, 2.75) is 0 Å². The summed E-state index contributed by atoms with van der Waals surface area (Å²) in [5.74, 6) is 0. The van der Waals surface area contributed by atoms with Gasteiger partial charge in [0.2, 0.25) is 0 Å². The van der Waals surface area contributed by atoms with Crippen LogP contribution in [-0.4, -0.2) is 0 Å². The second-order valence-corrected chi connectivity index (χ2v) is 14.7. The molecule has 0 atom stereocenters. The molecule has 2 heterocycles. The van der Waals surface area contributed by atoms with Gasteiger partial charge >= 0.3 is 0 Å². The highest BCUT2D eigenvalue weighted by molar-refractivity contribution is 7.26. The predicted octanol–water partition coefficient (Wildman–Crippen LogP) is 14.4. The lowest BCUT2D eigenvalue weighted by atomic mass is 9.93. The molecular formula is C46H29NS2. The van der Waals surface area contributed by atoms with Gasteiger partial charge < -0.3 is 4.90 Å². The zero-order valence-electron chi connectivity index (χ0n) is 26.5. The van der Waals surface area contributed by atoms with Crippen molar-refractivity contribution in [2.24, 2.45) is 0 Å². The highest BCUT2D eigenvalue weighted by atomic mass is 32.1. The molecule has 10 rings (SSSR count). The van der Waals surface area contributed by atoms with Crippen LogP contribution >= 0.6 is 22.7 Å². The normalized spacial score (nSPS) is 11.7. The van der Waals surface area contributed by atoms with Crippen LogP contribution in [-0.2, 0) is 0 Å². The molecule has 1 nitrogen and oxygen atoms in total. The lowest BCUT2D eigenvalue weighted by Gasteiger charge is -2.27. The molecule has 49 heavy (non-hydrogen) atoms. The van der Waals surface area contributed by atoms with Gasteiger partial charge in [-0.3, -0.25) is 0 Å². The minimum atomic E-state index is 1.13. The quantitative estimate of drug-likeness (QED) is 0.178. The molecule has 0 fully saturated rings. The van der Waals surface area contributed by atoms with E-state index in [1.54, 1.807) is 0 Å². The van der Waals surface area contributed by atoms with Crippen molar-refractivity contribution in [3.63, 3.8) is 0 Å². The lowest BCUT2D eigenvalue weighted by molar-refractivity contribution is 1.30. The van der Waals surface area contributed by atoms with Crippen LogP contribution in [0.15, 0.2) is 176 Å². The Balaban J connectivity index is 1.18. The van der Waals surface area contributed by atoms with Crippen LogP contribution < -0.4 is 4.90 Å². The Morgan fingerprint density at radius 2 is 0.878 bits per heavy atom. The topological polar surface area (TPSA) is 3.24 Å². The van der Waals surface area contributed by atoms with Gasteiger partial charge in [0.25, 0.3) is 0 Å². The van der Waals surface area contributed by atoms with Crippen LogP contribution in [0.25, 0.3) is 73.4 Å². The summed E-state index contributed by atoms with van der Waals surface area (Å²) < 4.78 is 5.26. The van der Waals surface area contributed by atoms with Gasteiger partial charge in [0, 0.05) is 51.7 Å². The van der Waals surface area contributed by atoms with E-state index in [2.05, 4.69) is 181 Å². The fourth-order valence-corrected chi connectivity index (χ4v) is 9.72. The SMILES string of the molecule is c1ccc(-c2ccc(N(c3ccc(-c4c5ccccc5cc5sc6ccccc6c45)cc3)c3cccc4sc5ccccc5c34)cc2)cc1. The number of nitrogens with zero attached hydrogens (tertiary/aromatic N) is 1. The number of anilines is 3. The van der Waals surface area contributed by atoms with Crippen LogP contribution in [0.2, 0.25) is 0 Å². The Labute approximate surface area is 292 Å². The Kier molecular flexibility index (Phi) is 6.61. The molecule has 0 spiro atoms. The monoisotopic (exact) mass is 659 g/mol. The minimum Gasteiger partial charge on any atom is -0.310 e. The first kappa shape index (κ1) is 28.3. The molecule has 3 heteroatoms. The number of hydrogen-bond acceptors (Lipinski definition) is 3. The van der Waals surface area contributed by atoms with E-state index in [1.807, 2.05) is 22.7 Å². The lowest BCUT2D eigenvalue weighted by Crippen LogP contribution is -2.10. The molecule has 0 aliphatic carbocycles. The molecule has 0 saturated carbocycles. The third-order valence-corrected chi connectivity index (χ3v) is 11.9. The highest BCUT2D eigenvalue weighted by Crippen LogP contribution is 2.47. The van der Waals surface area contributed by atoms with Gasteiger partial charge in [-0.05, 0) is 87.6 Å². The van der Waals surface area contributed by atoms with Gasteiger partial charge in [0.15, 0.2) is 0 Å². The van der Waals surface area contributed by atoms with Crippen LogP contribution in [0.3, 0.4) is 0 Å². The Hall–Kier alpha value is -5.74. The van der Waals surface area contributed by atoms with E-state index in [1.165, 1.54) is 79.1 Å². The van der Waals surface area contributed by atoms with Crippen LogP contribution in [0.1, 0.15) is 0 Å². The van der Waals surface area contributed by atoms with Crippen LogP contribution in [0, 0.1) is 0 Å². The molecule has 0 aliphatic rings. The van der Waals surface area contributed by atoms with Crippen molar-refractivity contribution in [3.8, 4) is 22.3 Å². The molecule has 0 radical (unpaired) electrons. The zero-order chi connectivity index (χ0) is 32.3. The van der Waals surface area contributed by atoms with Gasteiger partial charge in [0.05, 0.1) is 5.69 Å². The zero-order valence-corrected chi connectivity index (χ0v) is 28.1. The van der Waals surface area contributed by atoms with E-state index in [9.17, 15) is 0 Å². The summed E-state index contributed by atoms with van der Waals surface area (Å²) in [5.41, 5.74) is 8.42. The van der Waals surface area contributed by atoms with Crippen molar-refractivity contribution in [1.82, 2.24) is 0 Å². The summed E-state index contributed by atoms with van der Waals surface area (Å²) in [6.45, 7) is 0. The minimum absolute atomic E-state index is 1.13. The number of fused-ring (bicyclic) bond motifs is 7. The van der Waals surface area contributed by atoms with Crippen molar-refractivity contribution in [3.05, 3.63) is 176 Å². The summed E-state index contributed by atoms with van der Waals surface area (Å²) in [4.78, 5) is 2.43. The summed E-state index contributed by atoms with van der Waals surface area (Å²) in [5, 5.41) is 7.81. The number of hydrogen-bond donors (Lipinski definition) is 0. The van der Waals surface area contributed by atoms with Crippen LogP contribution in [0.4, 0.5) is 17.1 Å². The van der Waals surface area contributed by atoms with Crippen molar-refractivity contribution >= 4 is 90.9 Å². The van der Waals surface area contributed by atoms with E-state index in [4.69, 9.17) is 0 Å². The van der Waals surface area contributed by atoms with Gasteiger partial charge in [-0.1, -0.05) is 121 Å². The van der Waals surface area contributed by atoms with E-state index in [-0.39, 0.29) is 0 Å². The van der Waals surface area contributed by atoms with Gasteiger partial charge in [-0.2, -0.15) is 0 Å². The predicted molar refractivity (Wildman–Crippen MR) is 215 cm³/mol. The van der Waals surface area contributed by atoms with Crippen LogP contribution in [0.5, 0.6) is 0 Å². The second kappa shape index (κ2) is 11.5. The first-order valence-electron chi connectivity index (χ1n) is 16.6. The largest absolute Gasteiger partial charge is 0.310 e. The average molecular weight is 660 g/mol. The van der Waals surface area contributed by atoms with Gasteiger partial charge in [-0.25, -0.2) is 0 Å². The highest BCUT2D eigenvalue weighted by Gasteiger charge is 2.20. The Morgan fingerprint density at radius 3 is 1.59 bits per heavy atom. The summed E-state index contributed by atoms with van der Waals surface area (Å²) in [6.07, 6.45) is 0. The van der Waals surface area contributed by atoms with Crippen molar-refractivity contribution in [2.75, 3.05) is 4.90 Å². The number of rotatable bonds is 5. The molecule has 8 aromatic carbocycles. The number of thiophene rings is 2. The standard InChI is InChI=1S/C46H29NS2/c1-2-11-30(12-3-1)31-21-25-34(26-22-31)47(39-17-10-20-42-45(39)37-15-6-8-18-40(37)48-42)35-27-23-32(24-28-35)44-36-14-5-4-13-33(36)29-43-46(44)38-16-7-9-19-41(38)49-43/h1-29H. The maximum atomic E-state index is 2.43. The Morgan fingerprint density at radius 1 is 0.347 bits per heavy atom. The molecule has 0 bridgehead atoms. The van der Waals surface area contributed by atoms with Gasteiger partial charge in [-0.15, -0.1) is 22.7 Å². The molecule has 0 aliphatic heterocycles. The Bertz CT molecular complexity index is 2810. The fourth-order valence-electron chi connectivity index (χ4n) is 7.43. The smallest absolute Gasteiger partial charge is 0.0554 e. The maximum absolute atomic E-state index is 2.43. The molecule has 10 aromatic rings. The van der Waals surface area contributed by atoms with Crippen molar-refractivity contribution < 1.29 is 0 Å².